The molecule has 0 spiro atoms. The maximum atomic E-state index is 12.8. The summed E-state index contributed by atoms with van der Waals surface area (Å²) in [5.41, 5.74) is 0. The molecule has 0 N–H and O–H groups in total. The quantitative estimate of drug-likeness (QED) is 0.0262. The number of ether oxygens (including phenoxy) is 3. The SMILES string of the molecule is CC/C=C\C/C=C\C/C=C\C/C=C\CCCCCCCCCCCCCCC(=O)OCC(COC(=O)CCCCCCC/C=C\CCC)OC(=O)CCCCCCC/C=C\CCCCCCC. The molecule has 0 aliphatic carbocycles. The lowest BCUT2D eigenvalue weighted by atomic mass is 10.0. The van der Waals surface area contributed by atoms with E-state index in [-0.39, 0.29) is 31.1 Å². The smallest absolute Gasteiger partial charge is 0.306 e. The summed E-state index contributed by atoms with van der Waals surface area (Å²) in [6.07, 6.45) is 70.5. The molecular weight excluding hydrogens is 829 g/mol. The van der Waals surface area contributed by atoms with Crippen LogP contribution < -0.4 is 0 Å². The topological polar surface area (TPSA) is 78.9 Å². The van der Waals surface area contributed by atoms with Crippen LogP contribution in [0.4, 0.5) is 0 Å². The lowest BCUT2D eigenvalue weighted by Crippen LogP contribution is -2.30. The summed E-state index contributed by atoms with van der Waals surface area (Å²) in [5.74, 6) is -0.897. The van der Waals surface area contributed by atoms with E-state index in [2.05, 4.69) is 93.7 Å². The van der Waals surface area contributed by atoms with E-state index in [1.165, 1.54) is 128 Å². The van der Waals surface area contributed by atoms with Crippen LogP contribution in [0.5, 0.6) is 0 Å². The van der Waals surface area contributed by atoms with Crippen LogP contribution >= 0.6 is 0 Å². The normalized spacial score (nSPS) is 12.6. The highest BCUT2D eigenvalue weighted by Gasteiger charge is 2.19. The number of esters is 3. The van der Waals surface area contributed by atoms with Gasteiger partial charge in [-0.3, -0.25) is 14.4 Å². The molecule has 0 aromatic carbocycles. The molecule has 0 radical (unpaired) electrons. The standard InChI is InChI=1S/C61H106O6/c1-4-7-10-13-16-19-22-24-26-27-28-29-30-31-32-33-34-35-36-38-39-42-45-48-51-54-60(63)66-57-58(56-65-59(62)53-50-47-44-41-21-18-15-12-9-6-3)67-61(64)55-52-49-46-43-40-37-25-23-20-17-14-11-8-5-2/h7,10,12,15-16,19,23-26,28-29,58H,4-6,8-9,11,13-14,17-18,20-22,27,30-57H2,1-3H3/b10-7-,15-12-,19-16-,25-23-,26-24-,29-28-. The Labute approximate surface area is 414 Å². The van der Waals surface area contributed by atoms with Gasteiger partial charge in [0, 0.05) is 19.3 Å². The zero-order valence-corrected chi connectivity index (χ0v) is 44.2. The van der Waals surface area contributed by atoms with E-state index in [0.29, 0.717) is 19.3 Å². The van der Waals surface area contributed by atoms with Crippen molar-refractivity contribution in [1.29, 1.82) is 0 Å². The number of hydrogen-bond acceptors (Lipinski definition) is 6. The zero-order valence-electron chi connectivity index (χ0n) is 44.2. The number of unbranched alkanes of at least 4 members (excludes halogenated alkanes) is 28. The Bertz CT molecular complexity index is 1260. The van der Waals surface area contributed by atoms with E-state index in [0.717, 1.165) is 109 Å². The fourth-order valence-electron chi connectivity index (χ4n) is 7.90. The second-order valence-corrected chi connectivity index (χ2v) is 18.8. The number of hydrogen-bond donors (Lipinski definition) is 0. The van der Waals surface area contributed by atoms with Crippen LogP contribution in [-0.2, 0) is 28.6 Å². The fourth-order valence-corrected chi connectivity index (χ4v) is 7.90. The highest BCUT2D eigenvalue weighted by atomic mass is 16.6. The Hall–Kier alpha value is -3.15. The molecule has 0 bridgehead atoms. The summed E-state index contributed by atoms with van der Waals surface area (Å²) < 4.78 is 16.8. The monoisotopic (exact) mass is 935 g/mol. The molecule has 0 aromatic heterocycles. The first-order chi connectivity index (χ1) is 33.0. The summed E-state index contributed by atoms with van der Waals surface area (Å²) in [4.78, 5) is 38.0. The van der Waals surface area contributed by atoms with E-state index in [1.807, 2.05) is 0 Å². The third-order valence-electron chi connectivity index (χ3n) is 12.1. The molecule has 0 saturated carbocycles. The number of carbonyl (C=O) groups excluding carboxylic acids is 3. The van der Waals surface area contributed by atoms with Gasteiger partial charge in [-0.1, -0.05) is 229 Å². The van der Waals surface area contributed by atoms with Crippen LogP contribution in [-0.4, -0.2) is 37.2 Å². The van der Waals surface area contributed by atoms with Crippen molar-refractivity contribution in [3.8, 4) is 0 Å². The van der Waals surface area contributed by atoms with Gasteiger partial charge in [-0.15, -0.1) is 0 Å². The van der Waals surface area contributed by atoms with Gasteiger partial charge in [-0.2, -0.15) is 0 Å². The molecule has 1 atom stereocenters. The van der Waals surface area contributed by atoms with Gasteiger partial charge in [0.15, 0.2) is 6.10 Å². The van der Waals surface area contributed by atoms with Gasteiger partial charge in [0.2, 0.25) is 0 Å². The summed E-state index contributed by atoms with van der Waals surface area (Å²) >= 11 is 0. The average Bonchev–Trinajstić information content (AvgIpc) is 3.33. The van der Waals surface area contributed by atoms with Gasteiger partial charge in [-0.05, 0) is 103 Å². The molecule has 0 aliphatic rings. The molecule has 0 fully saturated rings. The molecule has 0 saturated heterocycles. The second-order valence-electron chi connectivity index (χ2n) is 18.8. The van der Waals surface area contributed by atoms with Crippen molar-refractivity contribution in [1.82, 2.24) is 0 Å². The van der Waals surface area contributed by atoms with Crippen LogP contribution in [0.25, 0.3) is 0 Å². The first-order valence-corrected chi connectivity index (χ1v) is 28.4. The maximum Gasteiger partial charge on any atom is 0.306 e. The van der Waals surface area contributed by atoms with Crippen molar-refractivity contribution in [3.63, 3.8) is 0 Å². The highest BCUT2D eigenvalue weighted by molar-refractivity contribution is 5.71. The minimum atomic E-state index is -0.782. The Kier molecular flexibility index (Phi) is 52.8. The first-order valence-electron chi connectivity index (χ1n) is 28.4. The molecule has 67 heavy (non-hydrogen) atoms. The molecule has 6 heteroatoms. The highest BCUT2D eigenvalue weighted by Crippen LogP contribution is 2.15. The van der Waals surface area contributed by atoms with Crippen molar-refractivity contribution >= 4 is 17.9 Å². The largest absolute Gasteiger partial charge is 0.462 e. The van der Waals surface area contributed by atoms with E-state index < -0.39 is 6.10 Å². The second kappa shape index (κ2) is 55.4. The first kappa shape index (κ1) is 63.8. The summed E-state index contributed by atoms with van der Waals surface area (Å²) in [6, 6.07) is 0. The minimum absolute atomic E-state index is 0.0812. The van der Waals surface area contributed by atoms with Crippen molar-refractivity contribution < 1.29 is 28.6 Å². The third kappa shape index (κ3) is 53.7. The summed E-state index contributed by atoms with van der Waals surface area (Å²) in [7, 11) is 0. The Balaban J connectivity index is 4.23. The Morgan fingerprint density at radius 3 is 0.985 bits per heavy atom. The molecular formula is C61H106O6. The summed E-state index contributed by atoms with van der Waals surface area (Å²) in [6.45, 7) is 6.45. The minimum Gasteiger partial charge on any atom is -0.462 e. The van der Waals surface area contributed by atoms with Crippen molar-refractivity contribution in [2.45, 2.75) is 284 Å². The van der Waals surface area contributed by atoms with Gasteiger partial charge in [0.1, 0.15) is 13.2 Å². The van der Waals surface area contributed by atoms with E-state index in [1.54, 1.807) is 0 Å². The van der Waals surface area contributed by atoms with Gasteiger partial charge in [-0.25, -0.2) is 0 Å². The lowest BCUT2D eigenvalue weighted by Gasteiger charge is -2.18. The van der Waals surface area contributed by atoms with Crippen molar-refractivity contribution in [2.24, 2.45) is 0 Å². The van der Waals surface area contributed by atoms with E-state index >= 15 is 0 Å². The zero-order chi connectivity index (χ0) is 48.6. The molecule has 386 valence electrons. The van der Waals surface area contributed by atoms with Gasteiger partial charge < -0.3 is 14.2 Å². The number of allylic oxidation sites excluding steroid dienone is 12. The molecule has 0 heterocycles. The molecule has 0 aromatic rings. The molecule has 0 aliphatic heterocycles. The lowest BCUT2D eigenvalue weighted by molar-refractivity contribution is -0.167. The van der Waals surface area contributed by atoms with Gasteiger partial charge in [0.25, 0.3) is 0 Å². The van der Waals surface area contributed by atoms with E-state index in [9.17, 15) is 14.4 Å². The predicted molar refractivity (Wildman–Crippen MR) is 288 cm³/mol. The maximum absolute atomic E-state index is 12.8. The van der Waals surface area contributed by atoms with Crippen LogP contribution in [0.3, 0.4) is 0 Å². The van der Waals surface area contributed by atoms with Crippen LogP contribution in [0.2, 0.25) is 0 Å². The Morgan fingerprint density at radius 1 is 0.313 bits per heavy atom. The van der Waals surface area contributed by atoms with Crippen molar-refractivity contribution in [3.05, 3.63) is 72.9 Å². The van der Waals surface area contributed by atoms with Gasteiger partial charge >= 0.3 is 17.9 Å². The third-order valence-corrected chi connectivity index (χ3v) is 12.1. The Morgan fingerprint density at radius 2 is 0.612 bits per heavy atom. The molecule has 1 unspecified atom stereocenters. The van der Waals surface area contributed by atoms with Crippen LogP contribution in [0, 0.1) is 0 Å². The fraction of sp³-hybridized carbons (Fsp3) is 0.754. The number of rotatable bonds is 51. The van der Waals surface area contributed by atoms with Gasteiger partial charge in [0.05, 0.1) is 0 Å². The van der Waals surface area contributed by atoms with Crippen molar-refractivity contribution in [2.75, 3.05) is 13.2 Å². The summed E-state index contributed by atoms with van der Waals surface area (Å²) in [5, 5.41) is 0. The van der Waals surface area contributed by atoms with Crippen LogP contribution in [0.15, 0.2) is 72.9 Å². The molecule has 0 rings (SSSR count). The molecule has 6 nitrogen and oxygen atoms in total. The average molecular weight is 936 g/mol. The van der Waals surface area contributed by atoms with E-state index in [4.69, 9.17) is 14.2 Å². The van der Waals surface area contributed by atoms with Crippen LogP contribution in [0.1, 0.15) is 278 Å². The number of carbonyl (C=O) groups is 3. The predicted octanol–water partition coefficient (Wildman–Crippen LogP) is 19.0. The molecule has 0 amide bonds.